The Balaban J connectivity index is 2.37. The number of halogens is 1. The third-order valence-electron chi connectivity index (χ3n) is 2.38. The van der Waals surface area contributed by atoms with Crippen molar-refractivity contribution < 1.29 is 13.9 Å². The van der Waals surface area contributed by atoms with Crippen molar-refractivity contribution in [1.29, 1.82) is 0 Å². The van der Waals surface area contributed by atoms with Crippen LogP contribution in [0.4, 0.5) is 0 Å². The van der Waals surface area contributed by atoms with E-state index in [9.17, 15) is 4.79 Å². The van der Waals surface area contributed by atoms with Crippen molar-refractivity contribution >= 4 is 17.5 Å². The SMILES string of the molecule is COCC(Cl)CCNC(=O)c1cc(C)oc1C. The quantitative estimate of drug-likeness (QED) is 0.798. The predicted octanol–water partition coefficient (Wildman–Crippen LogP) is 2.27. The van der Waals surface area contributed by atoms with Crippen LogP contribution in [0, 0.1) is 13.8 Å². The number of nitrogens with one attached hydrogen (secondary N) is 1. The van der Waals surface area contributed by atoms with Crippen LogP contribution in [0.15, 0.2) is 10.5 Å². The first-order valence-electron chi connectivity index (χ1n) is 5.52. The molecule has 0 spiro atoms. The van der Waals surface area contributed by atoms with Crippen molar-refractivity contribution in [3.8, 4) is 0 Å². The Labute approximate surface area is 106 Å². The first kappa shape index (κ1) is 14.1. The zero-order chi connectivity index (χ0) is 12.8. The van der Waals surface area contributed by atoms with Gasteiger partial charge in [0.25, 0.3) is 5.91 Å². The number of aryl methyl sites for hydroxylation is 2. The van der Waals surface area contributed by atoms with Gasteiger partial charge in [-0.2, -0.15) is 0 Å². The van der Waals surface area contributed by atoms with Crippen molar-refractivity contribution in [3.05, 3.63) is 23.2 Å². The Morgan fingerprint density at radius 2 is 2.29 bits per heavy atom. The zero-order valence-electron chi connectivity index (χ0n) is 10.4. The summed E-state index contributed by atoms with van der Waals surface area (Å²) in [5.74, 6) is 1.25. The number of methoxy groups -OCH3 is 1. The highest BCUT2D eigenvalue weighted by atomic mass is 35.5. The Kier molecular flexibility index (Phi) is 5.51. The number of carbonyl (C=O) groups is 1. The highest BCUT2D eigenvalue weighted by Gasteiger charge is 2.13. The van der Waals surface area contributed by atoms with Crippen molar-refractivity contribution in [1.82, 2.24) is 5.32 Å². The molecule has 1 heterocycles. The molecule has 1 N–H and O–H groups in total. The number of furan rings is 1. The smallest absolute Gasteiger partial charge is 0.254 e. The maximum absolute atomic E-state index is 11.8. The van der Waals surface area contributed by atoms with E-state index in [1.165, 1.54) is 0 Å². The monoisotopic (exact) mass is 259 g/mol. The number of alkyl halides is 1. The maximum Gasteiger partial charge on any atom is 0.254 e. The zero-order valence-corrected chi connectivity index (χ0v) is 11.1. The Hall–Kier alpha value is -1.00. The molecule has 0 radical (unpaired) electrons. The van der Waals surface area contributed by atoms with E-state index < -0.39 is 0 Å². The Morgan fingerprint density at radius 3 is 2.82 bits per heavy atom. The summed E-state index contributed by atoms with van der Waals surface area (Å²) >= 11 is 5.95. The lowest BCUT2D eigenvalue weighted by molar-refractivity contribution is 0.0950. The van der Waals surface area contributed by atoms with Crippen molar-refractivity contribution in [3.63, 3.8) is 0 Å². The molecule has 5 heteroatoms. The molecule has 0 fully saturated rings. The number of rotatable bonds is 6. The van der Waals surface area contributed by atoms with E-state index >= 15 is 0 Å². The van der Waals surface area contributed by atoms with Gasteiger partial charge in [0.15, 0.2) is 0 Å². The van der Waals surface area contributed by atoms with E-state index in [0.717, 1.165) is 5.76 Å². The topological polar surface area (TPSA) is 51.5 Å². The van der Waals surface area contributed by atoms with Crippen molar-refractivity contribution in [2.75, 3.05) is 20.3 Å². The molecule has 0 aliphatic heterocycles. The molecule has 1 unspecified atom stereocenters. The van der Waals surface area contributed by atoms with Crippen LogP contribution in [0.1, 0.15) is 28.3 Å². The van der Waals surface area contributed by atoms with Crippen LogP contribution in [0.2, 0.25) is 0 Å². The molecule has 0 aromatic carbocycles. The van der Waals surface area contributed by atoms with Crippen LogP contribution < -0.4 is 5.32 Å². The standard InChI is InChI=1S/C12H18ClNO3/c1-8-6-11(9(2)17-8)12(15)14-5-4-10(13)7-16-3/h6,10H,4-5,7H2,1-3H3,(H,14,15). The van der Waals surface area contributed by atoms with Gasteiger partial charge in [-0.05, 0) is 26.3 Å². The molecule has 1 amide bonds. The van der Waals surface area contributed by atoms with E-state index in [2.05, 4.69) is 5.32 Å². The van der Waals surface area contributed by atoms with Crippen molar-refractivity contribution in [2.24, 2.45) is 0 Å². The molecule has 17 heavy (non-hydrogen) atoms. The highest BCUT2D eigenvalue weighted by molar-refractivity contribution is 6.20. The lowest BCUT2D eigenvalue weighted by atomic mass is 10.2. The average molecular weight is 260 g/mol. The predicted molar refractivity (Wildman–Crippen MR) is 66.6 cm³/mol. The second kappa shape index (κ2) is 6.67. The maximum atomic E-state index is 11.8. The molecular formula is C12H18ClNO3. The van der Waals surface area contributed by atoms with Gasteiger partial charge < -0.3 is 14.5 Å². The molecule has 1 aromatic rings. The summed E-state index contributed by atoms with van der Waals surface area (Å²) in [5, 5.41) is 2.73. The van der Waals surface area contributed by atoms with Gasteiger partial charge in [-0.1, -0.05) is 0 Å². The minimum atomic E-state index is -0.124. The van der Waals surface area contributed by atoms with E-state index in [-0.39, 0.29) is 11.3 Å². The fourth-order valence-corrected chi connectivity index (χ4v) is 1.79. The van der Waals surface area contributed by atoms with Crippen LogP contribution >= 0.6 is 11.6 Å². The molecule has 0 aliphatic carbocycles. The van der Waals surface area contributed by atoms with E-state index in [1.54, 1.807) is 20.1 Å². The first-order chi connectivity index (χ1) is 8.04. The van der Waals surface area contributed by atoms with E-state index in [4.69, 9.17) is 20.8 Å². The van der Waals surface area contributed by atoms with Gasteiger partial charge >= 0.3 is 0 Å². The van der Waals surface area contributed by atoms with Crippen LogP contribution in [-0.2, 0) is 4.74 Å². The van der Waals surface area contributed by atoms with Gasteiger partial charge in [0.1, 0.15) is 11.5 Å². The number of hydrogen-bond acceptors (Lipinski definition) is 3. The first-order valence-corrected chi connectivity index (χ1v) is 5.96. The molecule has 1 aromatic heterocycles. The van der Waals surface area contributed by atoms with Gasteiger partial charge in [0.05, 0.1) is 17.5 Å². The van der Waals surface area contributed by atoms with Gasteiger partial charge in [0.2, 0.25) is 0 Å². The van der Waals surface area contributed by atoms with Crippen LogP contribution in [0.5, 0.6) is 0 Å². The Morgan fingerprint density at radius 1 is 1.59 bits per heavy atom. The summed E-state index contributed by atoms with van der Waals surface area (Å²) in [4.78, 5) is 11.8. The summed E-state index contributed by atoms with van der Waals surface area (Å²) < 4.78 is 10.2. The minimum absolute atomic E-state index is 0.0764. The molecule has 96 valence electrons. The van der Waals surface area contributed by atoms with E-state index in [0.29, 0.717) is 30.9 Å². The second-order valence-electron chi connectivity index (χ2n) is 3.92. The van der Waals surface area contributed by atoms with Gasteiger partial charge in [-0.3, -0.25) is 4.79 Å². The molecule has 0 saturated heterocycles. The van der Waals surface area contributed by atoms with Gasteiger partial charge in [-0.15, -0.1) is 11.6 Å². The fourth-order valence-electron chi connectivity index (χ4n) is 1.56. The van der Waals surface area contributed by atoms with Crippen LogP contribution in [-0.4, -0.2) is 31.5 Å². The van der Waals surface area contributed by atoms with Crippen LogP contribution in [0.3, 0.4) is 0 Å². The summed E-state index contributed by atoms with van der Waals surface area (Å²) in [5.41, 5.74) is 0.584. The summed E-state index contributed by atoms with van der Waals surface area (Å²) in [6.45, 7) is 4.61. The molecule has 0 aliphatic rings. The molecule has 1 atom stereocenters. The summed E-state index contributed by atoms with van der Waals surface area (Å²) in [6.07, 6.45) is 0.678. The third-order valence-corrected chi connectivity index (χ3v) is 2.72. The largest absolute Gasteiger partial charge is 0.466 e. The van der Waals surface area contributed by atoms with Crippen molar-refractivity contribution in [2.45, 2.75) is 25.6 Å². The molecule has 1 rings (SSSR count). The summed E-state index contributed by atoms with van der Waals surface area (Å²) in [6, 6.07) is 1.73. The lowest BCUT2D eigenvalue weighted by Crippen LogP contribution is -2.27. The molecule has 4 nitrogen and oxygen atoms in total. The average Bonchev–Trinajstić information content (AvgIpc) is 2.58. The number of carbonyl (C=O) groups excluding carboxylic acids is 1. The molecular weight excluding hydrogens is 242 g/mol. The number of hydrogen-bond donors (Lipinski definition) is 1. The summed E-state index contributed by atoms with van der Waals surface area (Å²) in [7, 11) is 1.60. The van der Waals surface area contributed by atoms with Gasteiger partial charge in [-0.25, -0.2) is 0 Å². The third kappa shape index (κ3) is 4.40. The minimum Gasteiger partial charge on any atom is -0.466 e. The molecule has 0 bridgehead atoms. The number of ether oxygens (including phenoxy) is 1. The highest BCUT2D eigenvalue weighted by Crippen LogP contribution is 2.13. The Bertz CT molecular complexity index is 376. The normalized spacial score (nSPS) is 12.5. The van der Waals surface area contributed by atoms with E-state index in [1.807, 2.05) is 6.92 Å². The second-order valence-corrected chi connectivity index (χ2v) is 4.54. The lowest BCUT2D eigenvalue weighted by Gasteiger charge is -2.08. The fraction of sp³-hybridized carbons (Fsp3) is 0.583. The van der Waals surface area contributed by atoms with Gasteiger partial charge in [0, 0.05) is 13.7 Å². The number of amides is 1. The molecule has 0 saturated carbocycles. The van der Waals surface area contributed by atoms with Crippen LogP contribution in [0.25, 0.3) is 0 Å².